The molecule has 7 heteroatoms. The summed E-state index contributed by atoms with van der Waals surface area (Å²) in [6, 6.07) is 12.3. The molecule has 1 unspecified atom stereocenters. The largest absolute Gasteiger partial charge is 0.396 e. The van der Waals surface area contributed by atoms with Crippen molar-refractivity contribution in [3.8, 4) is 10.6 Å². The number of aliphatic hydroxyl groups excluding tert-OH is 1. The molecule has 0 aliphatic carbocycles. The minimum atomic E-state index is 0.241. The second-order valence-electron chi connectivity index (χ2n) is 7.09. The smallest absolute Gasteiger partial charge is 0.134 e. The van der Waals surface area contributed by atoms with Crippen LogP contribution >= 0.6 is 11.3 Å². The molecule has 1 fully saturated rings. The lowest BCUT2D eigenvalue weighted by molar-refractivity contribution is 0.208. The quantitative estimate of drug-likeness (QED) is 0.638. The van der Waals surface area contributed by atoms with Gasteiger partial charge in [-0.15, -0.1) is 11.3 Å². The Bertz CT molecular complexity index is 885. The van der Waals surface area contributed by atoms with Gasteiger partial charge in [-0.2, -0.15) is 0 Å². The maximum atomic E-state index is 9.43. The zero-order valence-corrected chi connectivity index (χ0v) is 16.6. The van der Waals surface area contributed by atoms with Crippen LogP contribution in [-0.2, 0) is 6.42 Å². The molecule has 1 aliphatic heterocycles. The standard InChI is InChI=1S/C21H25N5OS/c27-13-16-5-4-10-26(12-16)20-11-19(23-15-24-20)22-9-8-18-14-28-21(25-18)17-6-2-1-3-7-17/h1-3,6-7,11,14-16,27H,4-5,8-10,12-13H2,(H,22,23,24). The van der Waals surface area contributed by atoms with E-state index in [-0.39, 0.29) is 6.61 Å². The first-order valence-electron chi connectivity index (χ1n) is 9.73. The Labute approximate surface area is 169 Å². The molecule has 0 bridgehead atoms. The Morgan fingerprint density at radius 2 is 2.11 bits per heavy atom. The predicted octanol–water partition coefficient (Wildman–Crippen LogP) is 3.46. The lowest BCUT2D eigenvalue weighted by atomic mass is 9.99. The highest BCUT2D eigenvalue weighted by atomic mass is 32.1. The minimum Gasteiger partial charge on any atom is -0.396 e. The van der Waals surface area contributed by atoms with Crippen molar-refractivity contribution >= 4 is 23.0 Å². The molecule has 2 aromatic heterocycles. The molecule has 4 rings (SSSR count). The van der Waals surface area contributed by atoms with Crippen molar-refractivity contribution < 1.29 is 5.11 Å². The van der Waals surface area contributed by atoms with E-state index in [1.807, 2.05) is 24.3 Å². The summed E-state index contributed by atoms with van der Waals surface area (Å²) in [5.41, 5.74) is 2.25. The fourth-order valence-electron chi connectivity index (χ4n) is 3.49. The lowest BCUT2D eigenvalue weighted by Gasteiger charge is -2.32. The average molecular weight is 396 g/mol. The average Bonchev–Trinajstić information content (AvgIpc) is 3.24. The zero-order valence-electron chi connectivity index (χ0n) is 15.8. The highest BCUT2D eigenvalue weighted by molar-refractivity contribution is 7.13. The van der Waals surface area contributed by atoms with Gasteiger partial charge in [-0.05, 0) is 18.8 Å². The van der Waals surface area contributed by atoms with Gasteiger partial charge in [0.2, 0.25) is 0 Å². The summed E-state index contributed by atoms with van der Waals surface area (Å²) in [6.45, 7) is 2.85. The van der Waals surface area contributed by atoms with E-state index in [0.29, 0.717) is 5.92 Å². The van der Waals surface area contributed by atoms with Crippen LogP contribution in [0.1, 0.15) is 18.5 Å². The van der Waals surface area contributed by atoms with E-state index in [9.17, 15) is 5.11 Å². The summed E-state index contributed by atoms with van der Waals surface area (Å²) >= 11 is 1.68. The van der Waals surface area contributed by atoms with Gasteiger partial charge in [0, 0.05) is 49.7 Å². The summed E-state index contributed by atoms with van der Waals surface area (Å²) in [4.78, 5) is 15.7. The van der Waals surface area contributed by atoms with E-state index < -0.39 is 0 Å². The van der Waals surface area contributed by atoms with Gasteiger partial charge in [-0.1, -0.05) is 30.3 Å². The van der Waals surface area contributed by atoms with E-state index >= 15 is 0 Å². The number of thiazole rings is 1. The molecular formula is C21H25N5OS. The first kappa shape index (κ1) is 18.8. The van der Waals surface area contributed by atoms with Gasteiger partial charge >= 0.3 is 0 Å². The van der Waals surface area contributed by atoms with E-state index in [2.05, 4.69) is 37.7 Å². The van der Waals surface area contributed by atoms with E-state index in [1.54, 1.807) is 17.7 Å². The fourth-order valence-corrected chi connectivity index (χ4v) is 4.35. The molecular weight excluding hydrogens is 370 g/mol. The SMILES string of the molecule is OCC1CCCN(c2cc(NCCc3csc(-c4ccccc4)n3)ncn2)C1. The van der Waals surface area contributed by atoms with Crippen molar-refractivity contribution in [2.75, 3.05) is 36.5 Å². The molecule has 28 heavy (non-hydrogen) atoms. The van der Waals surface area contributed by atoms with Gasteiger partial charge in [0.1, 0.15) is 23.0 Å². The molecule has 0 radical (unpaired) electrons. The third-order valence-corrected chi connectivity index (χ3v) is 5.95. The van der Waals surface area contributed by atoms with Gasteiger partial charge in [0.15, 0.2) is 0 Å². The number of hydrogen-bond acceptors (Lipinski definition) is 7. The summed E-state index contributed by atoms with van der Waals surface area (Å²) in [5.74, 6) is 2.09. The van der Waals surface area contributed by atoms with Gasteiger partial charge < -0.3 is 15.3 Å². The Morgan fingerprint density at radius 1 is 1.21 bits per heavy atom. The topological polar surface area (TPSA) is 74.2 Å². The molecule has 1 saturated heterocycles. The number of piperidine rings is 1. The molecule has 0 spiro atoms. The summed E-state index contributed by atoms with van der Waals surface area (Å²) in [6.07, 6.45) is 4.63. The van der Waals surface area contributed by atoms with Crippen LogP contribution in [0.25, 0.3) is 10.6 Å². The summed E-state index contributed by atoms with van der Waals surface area (Å²) in [5, 5.41) is 16.0. The van der Waals surface area contributed by atoms with Crippen molar-refractivity contribution in [3.05, 3.63) is 53.8 Å². The maximum absolute atomic E-state index is 9.43. The van der Waals surface area contributed by atoms with Crippen LogP contribution in [0.4, 0.5) is 11.6 Å². The van der Waals surface area contributed by atoms with Crippen molar-refractivity contribution in [2.45, 2.75) is 19.3 Å². The maximum Gasteiger partial charge on any atom is 0.134 e. The van der Waals surface area contributed by atoms with Crippen LogP contribution in [-0.4, -0.2) is 46.3 Å². The molecule has 1 atom stereocenters. The zero-order chi connectivity index (χ0) is 19.2. The Morgan fingerprint density at radius 3 is 2.96 bits per heavy atom. The molecule has 2 N–H and O–H groups in total. The highest BCUT2D eigenvalue weighted by Crippen LogP contribution is 2.24. The van der Waals surface area contributed by atoms with Crippen LogP contribution in [0, 0.1) is 5.92 Å². The molecule has 1 aromatic carbocycles. The summed E-state index contributed by atoms with van der Waals surface area (Å²) in [7, 11) is 0. The van der Waals surface area contributed by atoms with Crippen molar-refractivity contribution in [1.29, 1.82) is 0 Å². The molecule has 146 valence electrons. The van der Waals surface area contributed by atoms with Crippen molar-refractivity contribution in [2.24, 2.45) is 5.92 Å². The van der Waals surface area contributed by atoms with Crippen LogP contribution in [0.2, 0.25) is 0 Å². The number of nitrogens with zero attached hydrogens (tertiary/aromatic N) is 4. The molecule has 3 heterocycles. The number of benzene rings is 1. The van der Waals surface area contributed by atoms with Crippen molar-refractivity contribution in [3.63, 3.8) is 0 Å². The molecule has 6 nitrogen and oxygen atoms in total. The van der Waals surface area contributed by atoms with Crippen LogP contribution in [0.15, 0.2) is 48.1 Å². The molecule has 0 amide bonds. The van der Waals surface area contributed by atoms with Crippen LogP contribution in [0.3, 0.4) is 0 Å². The second-order valence-corrected chi connectivity index (χ2v) is 7.94. The number of anilines is 2. The number of rotatable bonds is 7. The van der Waals surface area contributed by atoms with Crippen LogP contribution in [0.5, 0.6) is 0 Å². The highest BCUT2D eigenvalue weighted by Gasteiger charge is 2.20. The Kier molecular flexibility index (Phi) is 6.14. The minimum absolute atomic E-state index is 0.241. The first-order chi connectivity index (χ1) is 13.8. The Hall–Kier alpha value is -2.51. The molecule has 0 saturated carbocycles. The number of aliphatic hydroxyl groups is 1. The monoisotopic (exact) mass is 395 g/mol. The van der Waals surface area contributed by atoms with Gasteiger partial charge in [-0.25, -0.2) is 15.0 Å². The van der Waals surface area contributed by atoms with Gasteiger partial charge in [-0.3, -0.25) is 0 Å². The Balaban J connectivity index is 1.32. The first-order valence-corrected chi connectivity index (χ1v) is 10.6. The van der Waals surface area contributed by atoms with Gasteiger partial charge in [0.05, 0.1) is 5.69 Å². The third-order valence-electron chi connectivity index (χ3n) is 5.01. The number of aromatic nitrogens is 3. The number of hydrogen-bond donors (Lipinski definition) is 2. The van der Waals surface area contributed by atoms with E-state index in [4.69, 9.17) is 4.98 Å². The molecule has 3 aromatic rings. The van der Waals surface area contributed by atoms with Crippen LogP contribution < -0.4 is 10.2 Å². The fraction of sp³-hybridized carbons (Fsp3) is 0.381. The second kappa shape index (κ2) is 9.12. The van der Waals surface area contributed by atoms with E-state index in [1.165, 1.54) is 0 Å². The number of nitrogens with one attached hydrogen (secondary N) is 1. The van der Waals surface area contributed by atoms with Crippen molar-refractivity contribution in [1.82, 2.24) is 15.0 Å². The predicted molar refractivity (Wildman–Crippen MR) is 114 cm³/mol. The summed E-state index contributed by atoms with van der Waals surface area (Å²) < 4.78 is 0. The third kappa shape index (κ3) is 4.66. The normalized spacial score (nSPS) is 16.9. The molecule has 1 aliphatic rings. The van der Waals surface area contributed by atoms with Gasteiger partial charge in [0.25, 0.3) is 0 Å². The van der Waals surface area contributed by atoms with E-state index in [0.717, 1.165) is 66.8 Å². The lowest BCUT2D eigenvalue weighted by Crippen LogP contribution is -2.37.